The molecule has 0 aliphatic carbocycles. The monoisotopic (exact) mass is 228 g/mol. The molecule has 0 saturated heterocycles. The van der Waals surface area contributed by atoms with Gasteiger partial charge in [-0.05, 0) is 36.2 Å². The van der Waals surface area contributed by atoms with E-state index in [0.29, 0.717) is 5.82 Å². The van der Waals surface area contributed by atoms with E-state index < -0.39 is 0 Å². The molecule has 0 aromatic carbocycles. The zero-order valence-corrected chi connectivity index (χ0v) is 9.87. The third kappa shape index (κ3) is 3.17. The van der Waals surface area contributed by atoms with Gasteiger partial charge in [-0.3, -0.25) is 4.98 Å². The molecular formula is C13H16N4. The van der Waals surface area contributed by atoms with E-state index in [9.17, 15) is 0 Å². The van der Waals surface area contributed by atoms with Gasteiger partial charge in [0.05, 0.1) is 11.9 Å². The van der Waals surface area contributed by atoms with Crippen LogP contribution in [0.5, 0.6) is 0 Å². The first-order chi connectivity index (χ1) is 8.25. The van der Waals surface area contributed by atoms with Crippen LogP contribution in [-0.2, 0) is 6.42 Å². The van der Waals surface area contributed by atoms with Crippen molar-refractivity contribution in [3.63, 3.8) is 0 Å². The van der Waals surface area contributed by atoms with E-state index in [-0.39, 0.29) is 0 Å². The van der Waals surface area contributed by atoms with Crippen molar-refractivity contribution in [2.45, 2.75) is 6.42 Å². The predicted molar refractivity (Wildman–Crippen MR) is 69.9 cm³/mol. The number of nitrogens with two attached hydrogens (primary N) is 1. The number of aromatic nitrogens is 2. The van der Waals surface area contributed by atoms with E-state index >= 15 is 0 Å². The lowest BCUT2D eigenvalue weighted by Gasteiger charge is -2.18. The summed E-state index contributed by atoms with van der Waals surface area (Å²) in [5, 5.41) is 0. The van der Waals surface area contributed by atoms with Gasteiger partial charge in [-0.1, -0.05) is 0 Å². The first-order valence-electron chi connectivity index (χ1n) is 5.57. The number of likely N-dealkylation sites (N-methyl/N-ethyl adjacent to an activating group) is 1. The number of nitrogens with zero attached hydrogens (tertiary/aromatic N) is 3. The fourth-order valence-corrected chi connectivity index (χ4v) is 1.60. The van der Waals surface area contributed by atoms with Crippen LogP contribution >= 0.6 is 0 Å². The average molecular weight is 228 g/mol. The standard InChI is InChI=1S/C13H16N4/c1-17(12-2-3-13(14)16-10-12)9-6-11-4-7-15-8-5-11/h2-5,7-8,10H,6,9H2,1H3,(H2,14,16). The maximum Gasteiger partial charge on any atom is 0.123 e. The minimum atomic E-state index is 0.552. The van der Waals surface area contributed by atoms with Gasteiger partial charge >= 0.3 is 0 Å². The molecule has 0 aliphatic heterocycles. The lowest BCUT2D eigenvalue weighted by Crippen LogP contribution is -2.20. The Bertz CT molecular complexity index is 453. The Hall–Kier alpha value is -2.10. The molecule has 2 aromatic heterocycles. The normalized spacial score (nSPS) is 10.2. The average Bonchev–Trinajstić information content (AvgIpc) is 2.38. The van der Waals surface area contributed by atoms with Crippen molar-refractivity contribution in [1.29, 1.82) is 0 Å². The zero-order valence-electron chi connectivity index (χ0n) is 9.87. The lowest BCUT2D eigenvalue weighted by atomic mass is 10.2. The molecule has 17 heavy (non-hydrogen) atoms. The molecule has 0 radical (unpaired) electrons. The molecule has 0 amide bonds. The van der Waals surface area contributed by atoms with Crippen LogP contribution in [-0.4, -0.2) is 23.6 Å². The van der Waals surface area contributed by atoms with E-state index in [4.69, 9.17) is 5.73 Å². The van der Waals surface area contributed by atoms with E-state index in [0.717, 1.165) is 18.7 Å². The smallest absolute Gasteiger partial charge is 0.123 e. The van der Waals surface area contributed by atoms with Crippen molar-refractivity contribution < 1.29 is 0 Å². The van der Waals surface area contributed by atoms with Crippen LogP contribution in [0.15, 0.2) is 42.9 Å². The Morgan fingerprint density at radius 3 is 2.59 bits per heavy atom. The number of hydrogen-bond donors (Lipinski definition) is 1. The third-order valence-corrected chi connectivity index (χ3v) is 2.70. The first-order valence-corrected chi connectivity index (χ1v) is 5.57. The predicted octanol–water partition coefficient (Wildman–Crippen LogP) is 1.74. The van der Waals surface area contributed by atoms with Gasteiger partial charge in [0.2, 0.25) is 0 Å². The second kappa shape index (κ2) is 5.30. The summed E-state index contributed by atoms with van der Waals surface area (Å²) in [6, 6.07) is 7.87. The van der Waals surface area contributed by atoms with E-state index in [1.54, 1.807) is 6.20 Å². The molecule has 0 aliphatic rings. The van der Waals surface area contributed by atoms with E-state index in [1.165, 1.54) is 5.56 Å². The summed E-state index contributed by atoms with van der Waals surface area (Å²) >= 11 is 0. The number of rotatable bonds is 4. The molecule has 2 heterocycles. The maximum absolute atomic E-state index is 5.56. The van der Waals surface area contributed by atoms with Crippen molar-refractivity contribution in [1.82, 2.24) is 9.97 Å². The van der Waals surface area contributed by atoms with Crippen LogP contribution in [0.2, 0.25) is 0 Å². The minimum absolute atomic E-state index is 0.552. The van der Waals surface area contributed by atoms with Gasteiger partial charge in [0.1, 0.15) is 5.82 Å². The van der Waals surface area contributed by atoms with Crippen molar-refractivity contribution in [3.8, 4) is 0 Å². The fourth-order valence-electron chi connectivity index (χ4n) is 1.60. The largest absolute Gasteiger partial charge is 0.384 e. The molecule has 88 valence electrons. The van der Waals surface area contributed by atoms with Crippen molar-refractivity contribution in [2.75, 3.05) is 24.2 Å². The SMILES string of the molecule is CN(CCc1ccncc1)c1ccc(N)nc1. The number of nitrogen functional groups attached to an aromatic ring is 1. The lowest BCUT2D eigenvalue weighted by molar-refractivity contribution is 0.872. The van der Waals surface area contributed by atoms with Crippen LogP contribution in [0.3, 0.4) is 0 Å². The van der Waals surface area contributed by atoms with Crippen LogP contribution < -0.4 is 10.6 Å². The first kappa shape index (κ1) is 11.4. The van der Waals surface area contributed by atoms with Gasteiger partial charge in [-0.25, -0.2) is 4.98 Å². The highest BCUT2D eigenvalue weighted by atomic mass is 15.1. The number of hydrogen-bond acceptors (Lipinski definition) is 4. The molecule has 2 rings (SSSR count). The van der Waals surface area contributed by atoms with Crippen molar-refractivity contribution in [3.05, 3.63) is 48.4 Å². The maximum atomic E-state index is 5.56. The molecule has 0 fully saturated rings. The van der Waals surface area contributed by atoms with Gasteiger partial charge in [0, 0.05) is 26.0 Å². The third-order valence-electron chi connectivity index (χ3n) is 2.70. The van der Waals surface area contributed by atoms with Gasteiger partial charge in [-0.15, -0.1) is 0 Å². The van der Waals surface area contributed by atoms with Crippen LogP contribution in [0, 0.1) is 0 Å². The molecule has 0 atom stereocenters. The summed E-state index contributed by atoms with van der Waals surface area (Å²) in [7, 11) is 2.05. The quantitative estimate of drug-likeness (QED) is 0.866. The summed E-state index contributed by atoms with van der Waals surface area (Å²) in [5.41, 5.74) is 7.92. The molecule has 2 aromatic rings. The summed E-state index contributed by atoms with van der Waals surface area (Å²) < 4.78 is 0. The molecule has 0 spiro atoms. The Labute approximate surface area is 101 Å². The summed E-state index contributed by atoms with van der Waals surface area (Å²) in [4.78, 5) is 10.2. The zero-order chi connectivity index (χ0) is 12.1. The number of pyridine rings is 2. The Balaban J connectivity index is 1.93. The summed E-state index contributed by atoms with van der Waals surface area (Å²) in [6.07, 6.45) is 6.42. The Kier molecular flexibility index (Phi) is 3.55. The van der Waals surface area contributed by atoms with Crippen LogP contribution in [0.4, 0.5) is 11.5 Å². The highest BCUT2D eigenvalue weighted by Crippen LogP contribution is 2.12. The van der Waals surface area contributed by atoms with Gasteiger partial charge in [-0.2, -0.15) is 0 Å². The second-order valence-corrected chi connectivity index (χ2v) is 3.97. The molecule has 4 heteroatoms. The van der Waals surface area contributed by atoms with E-state index in [1.807, 2.05) is 43.7 Å². The number of anilines is 2. The van der Waals surface area contributed by atoms with Gasteiger partial charge in [0.25, 0.3) is 0 Å². The molecule has 4 nitrogen and oxygen atoms in total. The highest BCUT2D eigenvalue weighted by Gasteiger charge is 2.01. The highest BCUT2D eigenvalue weighted by molar-refractivity contribution is 5.47. The molecule has 0 saturated carbocycles. The van der Waals surface area contributed by atoms with Gasteiger partial charge < -0.3 is 10.6 Å². The van der Waals surface area contributed by atoms with Crippen molar-refractivity contribution in [2.24, 2.45) is 0 Å². The van der Waals surface area contributed by atoms with Crippen molar-refractivity contribution >= 4 is 11.5 Å². The summed E-state index contributed by atoms with van der Waals surface area (Å²) in [6.45, 7) is 0.940. The molecular weight excluding hydrogens is 212 g/mol. The summed E-state index contributed by atoms with van der Waals surface area (Å²) in [5.74, 6) is 0.552. The molecule has 0 bridgehead atoms. The minimum Gasteiger partial charge on any atom is -0.384 e. The van der Waals surface area contributed by atoms with E-state index in [2.05, 4.69) is 14.9 Å². The molecule has 0 unspecified atom stereocenters. The van der Waals surface area contributed by atoms with Gasteiger partial charge in [0.15, 0.2) is 0 Å². The second-order valence-electron chi connectivity index (χ2n) is 3.97. The Morgan fingerprint density at radius 2 is 1.94 bits per heavy atom. The fraction of sp³-hybridized carbons (Fsp3) is 0.231. The van der Waals surface area contributed by atoms with Crippen LogP contribution in [0.1, 0.15) is 5.56 Å². The Morgan fingerprint density at radius 1 is 1.18 bits per heavy atom. The van der Waals surface area contributed by atoms with Crippen LogP contribution in [0.25, 0.3) is 0 Å². The molecule has 2 N–H and O–H groups in total. The topological polar surface area (TPSA) is 55.0 Å².